The number of carbonyl (C=O) groups is 2. The zero-order valence-corrected chi connectivity index (χ0v) is 13.6. The van der Waals surface area contributed by atoms with Gasteiger partial charge in [0.25, 0.3) is 0 Å². The van der Waals surface area contributed by atoms with Crippen LogP contribution in [0.15, 0.2) is 24.3 Å². The average Bonchev–Trinajstić information content (AvgIpc) is 2.44. The summed E-state index contributed by atoms with van der Waals surface area (Å²) in [6.07, 6.45) is 0.394. The summed E-state index contributed by atoms with van der Waals surface area (Å²) in [5.74, 6) is -0.120. The minimum atomic E-state index is -0.473. The second-order valence-electron chi connectivity index (χ2n) is 5.64. The smallest absolute Gasteiger partial charge is 0.242 e. The molecule has 1 unspecified atom stereocenters. The van der Waals surface area contributed by atoms with E-state index < -0.39 is 6.04 Å². The lowest BCUT2D eigenvalue weighted by Gasteiger charge is -2.29. The van der Waals surface area contributed by atoms with E-state index in [1.165, 1.54) is 0 Å². The Labute approximate surface area is 127 Å². The van der Waals surface area contributed by atoms with Crippen LogP contribution in [0, 0.1) is 6.92 Å². The first-order valence-electron chi connectivity index (χ1n) is 7.51. The largest absolute Gasteiger partial charge is 0.352 e. The molecule has 1 aromatic carbocycles. The van der Waals surface area contributed by atoms with Crippen LogP contribution >= 0.6 is 0 Å². The maximum Gasteiger partial charge on any atom is 0.242 e. The van der Waals surface area contributed by atoms with Crippen molar-refractivity contribution in [1.82, 2.24) is 10.2 Å². The Hall–Kier alpha value is -1.84. The molecule has 0 aliphatic heterocycles. The average molecular weight is 290 g/mol. The van der Waals surface area contributed by atoms with Crippen LogP contribution in [-0.4, -0.2) is 28.8 Å². The van der Waals surface area contributed by atoms with E-state index in [0.717, 1.165) is 11.1 Å². The van der Waals surface area contributed by atoms with Crippen molar-refractivity contribution in [3.05, 3.63) is 35.4 Å². The van der Waals surface area contributed by atoms with E-state index in [-0.39, 0.29) is 17.9 Å². The molecule has 0 bridgehead atoms. The molecule has 1 N–H and O–H groups in total. The van der Waals surface area contributed by atoms with Gasteiger partial charge in [0.05, 0.1) is 0 Å². The van der Waals surface area contributed by atoms with Crippen molar-refractivity contribution in [2.45, 2.75) is 59.7 Å². The molecule has 1 atom stereocenters. The van der Waals surface area contributed by atoms with Gasteiger partial charge in [-0.05, 0) is 38.8 Å². The second-order valence-corrected chi connectivity index (χ2v) is 5.64. The molecule has 0 radical (unpaired) electrons. The van der Waals surface area contributed by atoms with Gasteiger partial charge in [0.1, 0.15) is 6.04 Å². The lowest BCUT2D eigenvalue weighted by Crippen LogP contribution is -2.49. The highest BCUT2D eigenvalue weighted by Crippen LogP contribution is 2.14. The number of hydrogen-bond acceptors (Lipinski definition) is 2. The number of benzene rings is 1. The van der Waals surface area contributed by atoms with Crippen molar-refractivity contribution in [2.24, 2.45) is 0 Å². The minimum Gasteiger partial charge on any atom is -0.352 e. The lowest BCUT2D eigenvalue weighted by molar-refractivity contribution is -0.140. The summed E-state index contributed by atoms with van der Waals surface area (Å²) >= 11 is 0. The Morgan fingerprint density at radius 2 is 1.81 bits per heavy atom. The number of amides is 2. The molecule has 4 heteroatoms. The first kappa shape index (κ1) is 17.2. The SMILES string of the molecule is CCC(=O)N(Cc1ccccc1C)C(C)C(=O)NC(C)C. The predicted octanol–water partition coefficient (Wildman–Crippen LogP) is 2.65. The quantitative estimate of drug-likeness (QED) is 0.875. The molecule has 0 spiro atoms. The van der Waals surface area contributed by atoms with Crippen molar-refractivity contribution < 1.29 is 9.59 Å². The summed E-state index contributed by atoms with van der Waals surface area (Å²) in [6, 6.07) is 7.54. The Morgan fingerprint density at radius 1 is 1.19 bits per heavy atom. The molecule has 0 fully saturated rings. The van der Waals surface area contributed by atoms with E-state index >= 15 is 0 Å². The number of nitrogens with one attached hydrogen (secondary N) is 1. The normalized spacial score (nSPS) is 12.1. The molecule has 21 heavy (non-hydrogen) atoms. The van der Waals surface area contributed by atoms with Gasteiger partial charge in [-0.25, -0.2) is 0 Å². The molecule has 0 heterocycles. The molecule has 1 rings (SSSR count). The number of hydrogen-bond donors (Lipinski definition) is 1. The fourth-order valence-corrected chi connectivity index (χ4v) is 2.16. The maximum atomic E-state index is 12.2. The lowest BCUT2D eigenvalue weighted by atomic mass is 10.1. The highest BCUT2D eigenvalue weighted by Gasteiger charge is 2.25. The zero-order valence-electron chi connectivity index (χ0n) is 13.6. The molecule has 116 valence electrons. The van der Waals surface area contributed by atoms with E-state index in [1.54, 1.807) is 11.8 Å². The molecule has 0 aromatic heterocycles. The van der Waals surface area contributed by atoms with E-state index in [1.807, 2.05) is 52.0 Å². The van der Waals surface area contributed by atoms with Crippen molar-refractivity contribution in [1.29, 1.82) is 0 Å². The van der Waals surface area contributed by atoms with E-state index in [9.17, 15) is 9.59 Å². The zero-order chi connectivity index (χ0) is 16.0. The van der Waals surface area contributed by atoms with E-state index in [0.29, 0.717) is 13.0 Å². The molecule has 0 aliphatic carbocycles. The van der Waals surface area contributed by atoms with Crippen LogP contribution < -0.4 is 5.32 Å². The highest BCUT2D eigenvalue weighted by molar-refractivity contribution is 5.87. The van der Waals surface area contributed by atoms with Crippen molar-refractivity contribution in [2.75, 3.05) is 0 Å². The number of rotatable bonds is 6. The van der Waals surface area contributed by atoms with Crippen LogP contribution in [0.4, 0.5) is 0 Å². The van der Waals surface area contributed by atoms with Gasteiger partial charge in [0.15, 0.2) is 0 Å². The van der Waals surface area contributed by atoms with Crippen molar-refractivity contribution >= 4 is 11.8 Å². The van der Waals surface area contributed by atoms with E-state index in [4.69, 9.17) is 0 Å². The third-order valence-electron chi connectivity index (χ3n) is 3.50. The summed E-state index contributed by atoms with van der Waals surface area (Å²) < 4.78 is 0. The second kappa shape index (κ2) is 7.81. The summed E-state index contributed by atoms with van der Waals surface area (Å²) in [5.41, 5.74) is 2.20. The Kier molecular flexibility index (Phi) is 6.40. The third-order valence-corrected chi connectivity index (χ3v) is 3.50. The standard InChI is InChI=1S/C17H26N2O2/c1-6-16(20)19(14(5)17(21)18-12(2)3)11-15-10-8-7-9-13(15)4/h7-10,12,14H,6,11H2,1-5H3,(H,18,21). The molecule has 2 amide bonds. The van der Waals surface area contributed by atoms with Crippen LogP contribution in [0.1, 0.15) is 45.2 Å². The summed E-state index contributed by atoms with van der Waals surface area (Å²) in [5, 5.41) is 2.87. The molecule has 0 saturated heterocycles. The van der Waals surface area contributed by atoms with Crippen LogP contribution in [-0.2, 0) is 16.1 Å². The first-order valence-corrected chi connectivity index (χ1v) is 7.51. The van der Waals surface area contributed by atoms with Gasteiger partial charge in [-0.3, -0.25) is 9.59 Å². The molecule has 0 aliphatic rings. The van der Waals surface area contributed by atoms with Crippen LogP contribution in [0.3, 0.4) is 0 Å². The fourth-order valence-electron chi connectivity index (χ4n) is 2.16. The molecule has 0 saturated carbocycles. The summed E-state index contributed by atoms with van der Waals surface area (Å²) in [4.78, 5) is 26.0. The monoisotopic (exact) mass is 290 g/mol. The van der Waals surface area contributed by atoms with Gasteiger partial charge in [-0.15, -0.1) is 0 Å². The molecule has 4 nitrogen and oxygen atoms in total. The number of nitrogens with zero attached hydrogens (tertiary/aromatic N) is 1. The predicted molar refractivity (Wildman–Crippen MR) is 84.8 cm³/mol. The van der Waals surface area contributed by atoms with Gasteiger partial charge >= 0.3 is 0 Å². The molecular weight excluding hydrogens is 264 g/mol. The van der Waals surface area contributed by atoms with Gasteiger partial charge in [0, 0.05) is 19.0 Å². The van der Waals surface area contributed by atoms with Crippen molar-refractivity contribution in [3.8, 4) is 0 Å². The van der Waals surface area contributed by atoms with E-state index in [2.05, 4.69) is 5.32 Å². The van der Waals surface area contributed by atoms with Crippen LogP contribution in [0.5, 0.6) is 0 Å². The Bertz CT molecular complexity index is 497. The summed E-state index contributed by atoms with van der Waals surface area (Å²) in [6.45, 7) is 9.91. The highest BCUT2D eigenvalue weighted by atomic mass is 16.2. The topological polar surface area (TPSA) is 49.4 Å². The van der Waals surface area contributed by atoms with Gasteiger partial charge < -0.3 is 10.2 Å². The Morgan fingerprint density at radius 3 is 2.33 bits per heavy atom. The number of aryl methyl sites for hydroxylation is 1. The van der Waals surface area contributed by atoms with Gasteiger partial charge in [-0.2, -0.15) is 0 Å². The first-order chi connectivity index (χ1) is 9.86. The minimum absolute atomic E-state index is 0.00957. The van der Waals surface area contributed by atoms with Gasteiger partial charge in [0.2, 0.25) is 11.8 Å². The third kappa shape index (κ3) is 4.88. The van der Waals surface area contributed by atoms with Crippen LogP contribution in [0.25, 0.3) is 0 Å². The van der Waals surface area contributed by atoms with Gasteiger partial charge in [-0.1, -0.05) is 31.2 Å². The summed E-state index contributed by atoms with van der Waals surface area (Å²) in [7, 11) is 0. The fraction of sp³-hybridized carbons (Fsp3) is 0.529. The van der Waals surface area contributed by atoms with Crippen LogP contribution in [0.2, 0.25) is 0 Å². The Balaban J connectivity index is 2.93. The molecule has 1 aromatic rings. The number of carbonyl (C=O) groups excluding carboxylic acids is 2. The molecular formula is C17H26N2O2. The van der Waals surface area contributed by atoms with Crippen molar-refractivity contribution in [3.63, 3.8) is 0 Å². The maximum absolute atomic E-state index is 12.2.